The third kappa shape index (κ3) is 3.54. The van der Waals surface area contributed by atoms with Crippen molar-refractivity contribution < 1.29 is 9.13 Å². The summed E-state index contributed by atoms with van der Waals surface area (Å²) in [5.41, 5.74) is 1.05. The van der Waals surface area contributed by atoms with Crippen LogP contribution in [-0.4, -0.2) is 7.11 Å². The molecule has 0 radical (unpaired) electrons. The van der Waals surface area contributed by atoms with Crippen LogP contribution >= 0.6 is 0 Å². The summed E-state index contributed by atoms with van der Waals surface area (Å²) in [6, 6.07) is 5.21. The molecule has 0 aliphatic heterocycles. The van der Waals surface area contributed by atoms with E-state index in [2.05, 4.69) is 13.8 Å². The molecule has 0 aromatic heterocycles. The lowest BCUT2D eigenvalue weighted by Gasteiger charge is -2.10. The van der Waals surface area contributed by atoms with Crippen molar-refractivity contribution in [1.82, 2.24) is 0 Å². The lowest BCUT2D eigenvalue weighted by Crippen LogP contribution is -2.00. The predicted octanol–water partition coefficient (Wildman–Crippen LogP) is 3.81. The molecule has 0 fully saturated rings. The fourth-order valence-corrected chi connectivity index (χ4v) is 1.83. The molecule has 0 amide bonds. The molecule has 0 aliphatic carbocycles. The van der Waals surface area contributed by atoms with Crippen molar-refractivity contribution in [1.29, 1.82) is 0 Å². The van der Waals surface area contributed by atoms with Crippen molar-refractivity contribution in [2.75, 3.05) is 7.11 Å². The van der Waals surface area contributed by atoms with Crippen LogP contribution in [0.1, 0.15) is 32.3 Å². The number of ether oxygens (including phenoxy) is 1. The van der Waals surface area contributed by atoms with Crippen LogP contribution < -0.4 is 4.74 Å². The van der Waals surface area contributed by atoms with Gasteiger partial charge < -0.3 is 4.74 Å². The van der Waals surface area contributed by atoms with Crippen molar-refractivity contribution in [2.24, 2.45) is 5.92 Å². The highest BCUT2D eigenvalue weighted by Gasteiger charge is 2.06. The fraction of sp³-hybridized carbons (Fsp3) is 0.538. The molecule has 0 saturated heterocycles. The van der Waals surface area contributed by atoms with Gasteiger partial charge in [0, 0.05) is 0 Å². The molecule has 0 bridgehead atoms. The molecule has 0 saturated carbocycles. The monoisotopic (exact) mass is 210 g/mol. The van der Waals surface area contributed by atoms with Gasteiger partial charge in [0.05, 0.1) is 7.11 Å². The number of hydrogen-bond acceptors (Lipinski definition) is 1. The van der Waals surface area contributed by atoms with Gasteiger partial charge in [0.1, 0.15) is 0 Å². The van der Waals surface area contributed by atoms with E-state index in [0.29, 0.717) is 11.7 Å². The van der Waals surface area contributed by atoms with E-state index in [0.717, 1.165) is 12.0 Å². The largest absolute Gasteiger partial charge is 0.494 e. The number of benzene rings is 1. The van der Waals surface area contributed by atoms with Crippen LogP contribution in [0.5, 0.6) is 5.75 Å². The number of halogens is 1. The first kappa shape index (κ1) is 12.0. The summed E-state index contributed by atoms with van der Waals surface area (Å²) >= 11 is 0. The van der Waals surface area contributed by atoms with Crippen LogP contribution in [0.25, 0.3) is 0 Å². The van der Waals surface area contributed by atoms with Gasteiger partial charge in [0.15, 0.2) is 11.6 Å². The molecule has 0 N–H and O–H groups in total. The van der Waals surface area contributed by atoms with Crippen molar-refractivity contribution in [2.45, 2.75) is 33.1 Å². The SMILES string of the molecule is CCC[C@@H](C)Cc1ccc(OC)c(F)c1. The van der Waals surface area contributed by atoms with Crippen LogP contribution in [0.4, 0.5) is 4.39 Å². The topological polar surface area (TPSA) is 9.23 Å². The first-order valence-corrected chi connectivity index (χ1v) is 5.49. The summed E-state index contributed by atoms with van der Waals surface area (Å²) in [6.07, 6.45) is 3.31. The zero-order valence-corrected chi connectivity index (χ0v) is 9.72. The van der Waals surface area contributed by atoms with Crippen LogP contribution in [0, 0.1) is 11.7 Å². The lowest BCUT2D eigenvalue weighted by atomic mass is 9.97. The van der Waals surface area contributed by atoms with E-state index in [1.807, 2.05) is 6.07 Å². The molecule has 84 valence electrons. The van der Waals surface area contributed by atoms with E-state index in [4.69, 9.17) is 4.74 Å². The van der Waals surface area contributed by atoms with Gasteiger partial charge in [0.2, 0.25) is 0 Å². The van der Waals surface area contributed by atoms with Crippen LogP contribution in [-0.2, 0) is 6.42 Å². The highest BCUT2D eigenvalue weighted by atomic mass is 19.1. The summed E-state index contributed by atoms with van der Waals surface area (Å²) < 4.78 is 18.2. The molecule has 0 heterocycles. The van der Waals surface area contributed by atoms with E-state index in [9.17, 15) is 4.39 Å². The Morgan fingerprint density at radius 2 is 2.13 bits per heavy atom. The second kappa shape index (κ2) is 5.74. The van der Waals surface area contributed by atoms with Crippen molar-refractivity contribution in [3.05, 3.63) is 29.6 Å². The van der Waals surface area contributed by atoms with E-state index < -0.39 is 0 Å². The van der Waals surface area contributed by atoms with Crippen LogP contribution in [0.2, 0.25) is 0 Å². The minimum atomic E-state index is -0.265. The Labute approximate surface area is 91.3 Å². The Morgan fingerprint density at radius 3 is 2.67 bits per heavy atom. The highest BCUT2D eigenvalue weighted by molar-refractivity contribution is 5.29. The lowest BCUT2D eigenvalue weighted by molar-refractivity contribution is 0.385. The van der Waals surface area contributed by atoms with Crippen LogP contribution in [0.3, 0.4) is 0 Å². The first-order chi connectivity index (χ1) is 7.17. The minimum Gasteiger partial charge on any atom is -0.494 e. The molecular formula is C13H19FO. The number of rotatable bonds is 5. The minimum absolute atomic E-state index is 0.265. The van der Waals surface area contributed by atoms with Gasteiger partial charge in [0.25, 0.3) is 0 Å². The molecule has 15 heavy (non-hydrogen) atoms. The number of methoxy groups -OCH3 is 1. The Balaban J connectivity index is 2.66. The second-order valence-electron chi connectivity index (χ2n) is 4.07. The van der Waals surface area contributed by atoms with E-state index in [-0.39, 0.29) is 5.82 Å². The standard InChI is InChI=1S/C13H19FO/c1-4-5-10(2)8-11-6-7-13(15-3)12(14)9-11/h6-7,9-10H,4-5,8H2,1-3H3/t10-/m1/s1. The molecule has 0 aliphatic rings. The van der Waals surface area contributed by atoms with Gasteiger partial charge in [-0.05, 0) is 30.0 Å². The maximum atomic E-state index is 13.4. The van der Waals surface area contributed by atoms with Gasteiger partial charge in [-0.2, -0.15) is 0 Å². The fourth-order valence-electron chi connectivity index (χ4n) is 1.83. The second-order valence-corrected chi connectivity index (χ2v) is 4.07. The third-order valence-corrected chi connectivity index (χ3v) is 2.58. The number of hydrogen-bond donors (Lipinski definition) is 0. The smallest absolute Gasteiger partial charge is 0.165 e. The van der Waals surface area contributed by atoms with Gasteiger partial charge in [-0.3, -0.25) is 0 Å². The zero-order valence-electron chi connectivity index (χ0n) is 9.72. The molecule has 1 atom stereocenters. The van der Waals surface area contributed by atoms with Crippen molar-refractivity contribution >= 4 is 0 Å². The predicted molar refractivity (Wildman–Crippen MR) is 60.7 cm³/mol. The van der Waals surface area contributed by atoms with Gasteiger partial charge >= 0.3 is 0 Å². The molecule has 2 heteroatoms. The molecule has 0 spiro atoms. The summed E-state index contributed by atoms with van der Waals surface area (Å²) in [6.45, 7) is 4.37. The molecule has 0 unspecified atom stereocenters. The first-order valence-electron chi connectivity index (χ1n) is 5.49. The summed E-state index contributed by atoms with van der Waals surface area (Å²) in [5, 5.41) is 0. The Bertz CT molecular complexity index is 309. The van der Waals surface area contributed by atoms with E-state index in [1.165, 1.54) is 20.0 Å². The van der Waals surface area contributed by atoms with Gasteiger partial charge in [-0.15, -0.1) is 0 Å². The maximum Gasteiger partial charge on any atom is 0.165 e. The quantitative estimate of drug-likeness (QED) is 0.718. The van der Waals surface area contributed by atoms with Gasteiger partial charge in [-0.1, -0.05) is 32.8 Å². The molecule has 1 aromatic carbocycles. The van der Waals surface area contributed by atoms with Gasteiger partial charge in [-0.25, -0.2) is 4.39 Å². The molecule has 1 nitrogen and oxygen atoms in total. The molecule has 1 rings (SSSR count). The van der Waals surface area contributed by atoms with E-state index in [1.54, 1.807) is 12.1 Å². The summed E-state index contributed by atoms with van der Waals surface area (Å²) in [5.74, 6) is 0.670. The summed E-state index contributed by atoms with van der Waals surface area (Å²) in [7, 11) is 1.48. The Hall–Kier alpha value is -1.05. The Morgan fingerprint density at radius 1 is 1.40 bits per heavy atom. The normalized spacial score (nSPS) is 12.5. The highest BCUT2D eigenvalue weighted by Crippen LogP contribution is 2.20. The van der Waals surface area contributed by atoms with E-state index >= 15 is 0 Å². The Kier molecular flexibility index (Phi) is 4.60. The average molecular weight is 210 g/mol. The van der Waals surface area contributed by atoms with Crippen LogP contribution in [0.15, 0.2) is 18.2 Å². The van der Waals surface area contributed by atoms with Crippen molar-refractivity contribution in [3.63, 3.8) is 0 Å². The molecule has 1 aromatic rings. The zero-order chi connectivity index (χ0) is 11.3. The van der Waals surface area contributed by atoms with Crippen molar-refractivity contribution in [3.8, 4) is 5.75 Å². The average Bonchev–Trinajstić information content (AvgIpc) is 2.18. The summed E-state index contributed by atoms with van der Waals surface area (Å²) in [4.78, 5) is 0. The maximum absolute atomic E-state index is 13.4. The third-order valence-electron chi connectivity index (χ3n) is 2.58. The molecular weight excluding hydrogens is 191 g/mol.